The van der Waals surface area contributed by atoms with Crippen molar-refractivity contribution < 1.29 is 9.53 Å². The highest BCUT2D eigenvalue weighted by Gasteiger charge is 2.30. The molecule has 1 aliphatic rings. The van der Waals surface area contributed by atoms with Gasteiger partial charge in [0.15, 0.2) is 10.7 Å². The lowest BCUT2D eigenvalue weighted by Crippen LogP contribution is -2.18. The fourth-order valence-electron chi connectivity index (χ4n) is 3.96. The molecular weight excluding hydrogens is 380 g/mol. The fourth-order valence-corrected chi connectivity index (χ4v) is 5.05. The summed E-state index contributed by atoms with van der Waals surface area (Å²) in [5.41, 5.74) is 4.31. The Morgan fingerprint density at radius 2 is 1.90 bits per heavy atom. The molecule has 0 bridgehead atoms. The molecule has 0 saturated carbocycles. The molecule has 4 aromatic rings. The van der Waals surface area contributed by atoms with Crippen molar-refractivity contribution >= 4 is 22.1 Å². The van der Waals surface area contributed by atoms with Crippen molar-refractivity contribution in [1.82, 2.24) is 9.38 Å². The average molecular weight is 403 g/mol. The summed E-state index contributed by atoms with van der Waals surface area (Å²) in [7, 11) is 0. The number of ether oxygens (including phenoxy) is 1. The van der Waals surface area contributed by atoms with Crippen LogP contribution < -0.4 is 4.74 Å². The quantitative estimate of drug-likeness (QED) is 0.426. The molecule has 1 unspecified atom stereocenters. The second kappa shape index (κ2) is 7.48. The van der Waals surface area contributed by atoms with Gasteiger partial charge < -0.3 is 4.74 Å². The van der Waals surface area contributed by atoms with Gasteiger partial charge in [-0.3, -0.25) is 9.20 Å². The number of benzene rings is 2. The number of nitrogens with zero attached hydrogens (tertiary/aromatic N) is 2. The molecule has 0 saturated heterocycles. The van der Waals surface area contributed by atoms with E-state index in [0.717, 1.165) is 52.0 Å². The molecule has 0 N–H and O–H groups in total. The highest BCUT2D eigenvalue weighted by molar-refractivity contribution is 7.19. The molecule has 0 spiro atoms. The number of Topliss-reactive ketones (excluding diaryl/α,β-unsaturated/α-hetero) is 1. The van der Waals surface area contributed by atoms with E-state index in [1.54, 1.807) is 0 Å². The monoisotopic (exact) mass is 402 g/mol. The SMILES string of the molecule is CCCOc1ccc(-c2cn3c4c(sc3n2)C(=O)CC(c2ccccc2)C4)cc1. The van der Waals surface area contributed by atoms with Gasteiger partial charge in [0.2, 0.25) is 0 Å². The molecule has 5 rings (SSSR count). The highest BCUT2D eigenvalue weighted by atomic mass is 32.1. The van der Waals surface area contributed by atoms with Gasteiger partial charge in [0.05, 0.1) is 17.2 Å². The summed E-state index contributed by atoms with van der Waals surface area (Å²) >= 11 is 1.51. The first-order chi connectivity index (χ1) is 14.2. The number of aromatic nitrogens is 2. The highest BCUT2D eigenvalue weighted by Crippen LogP contribution is 2.38. The Labute approximate surface area is 173 Å². The minimum absolute atomic E-state index is 0.231. The number of carbonyl (C=O) groups is 1. The summed E-state index contributed by atoms with van der Waals surface area (Å²) in [6, 6.07) is 18.4. The molecule has 0 aliphatic heterocycles. The van der Waals surface area contributed by atoms with E-state index in [0.29, 0.717) is 6.42 Å². The number of hydrogen-bond donors (Lipinski definition) is 0. The van der Waals surface area contributed by atoms with Crippen LogP contribution in [-0.2, 0) is 6.42 Å². The number of imidazole rings is 1. The van der Waals surface area contributed by atoms with E-state index >= 15 is 0 Å². The third-order valence-electron chi connectivity index (χ3n) is 5.44. The Bertz CT molecular complexity index is 1160. The van der Waals surface area contributed by atoms with Crippen LogP contribution in [0.1, 0.15) is 46.6 Å². The van der Waals surface area contributed by atoms with Gasteiger partial charge in [0, 0.05) is 23.9 Å². The van der Waals surface area contributed by atoms with E-state index in [9.17, 15) is 4.79 Å². The second-order valence-electron chi connectivity index (χ2n) is 7.47. The maximum Gasteiger partial charge on any atom is 0.195 e. The van der Waals surface area contributed by atoms with E-state index in [4.69, 9.17) is 9.72 Å². The smallest absolute Gasteiger partial charge is 0.195 e. The topological polar surface area (TPSA) is 43.6 Å². The van der Waals surface area contributed by atoms with Gasteiger partial charge in [0.1, 0.15) is 5.75 Å². The number of hydrogen-bond acceptors (Lipinski definition) is 4. The predicted octanol–water partition coefficient (Wildman–Crippen LogP) is 5.76. The molecule has 0 radical (unpaired) electrons. The molecule has 29 heavy (non-hydrogen) atoms. The maximum absolute atomic E-state index is 12.8. The summed E-state index contributed by atoms with van der Waals surface area (Å²) in [6.07, 6.45) is 4.50. The third-order valence-corrected chi connectivity index (χ3v) is 6.58. The summed E-state index contributed by atoms with van der Waals surface area (Å²) in [4.78, 5) is 19.3. The zero-order valence-electron chi connectivity index (χ0n) is 16.3. The first-order valence-electron chi connectivity index (χ1n) is 10.0. The summed E-state index contributed by atoms with van der Waals surface area (Å²) < 4.78 is 7.78. The van der Waals surface area contributed by atoms with Gasteiger partial charge in [-0.25, -0.2) is 4.98 Å². The van der Waals surface area contributed by atoms with Crippen molar-refractivity contribution in [3.8, 4) is 17.0 Å². The standard InChI is InChI=1S/C24H22N2O2S/c1-2-12-28-19-10-8-17(9-11-19)20-15-26-21-13-18(16-6-4-3-5-7-16)14-22(27)23(21)29-24(26)25-20/h3-11,15,18H,2,12-14H2,1H3. The number of rotatable bonds is 5. The molecule has 2 aromatic carbocycles. The summed E-state index contributed by atoms with van der Waals surface area (Å²) in [5.74, 6) is 1.34. The minimum atomic E-state index is 0.231. The van der Waals surface area contributed by atoms with Crippen LogP contribution in [-0.4, -0.2) is 21.8 Å². The van der Waals surface area contributed by atoms with Crippen LogP contribution in [0.3, 0.4) is 0 Å². The van der Waals surface area contributed by atoms with Gasteiger partial charge in [-0.15, -0.1) is 0 Å². The van der Waals surface area contributed by atoms with Crippen molar-refractivity contribution in [2.75, 3.05) is 6.61 Å². The Morgan fingerprint density at radius 1 is 1.10 bits per heavy atom. The predicted molar refractivity (Wildman–Crippen MR) is 116 cm³/mol. The van der Waals surface area contributed by atoms with E-state index < -0.39 is 0 Å². The van der Waals surface area contributed by atoms with E-state index in [1.807, 2.05) is 42.5 Å². The first kappa shape index (κ1) is 18.1. The molecule has 4 nitrogen and oxygen atoms in total. The summed E-state index contributed by atoms with van der Waals surface area (Å²) in [5, 5.41) is 0. The maximum atomic E-state index is 12.8. The fraction of sp³-hybridized carbons (Fsp3) is 0.250. The van der Waals surface area contributed by atoms with Gasteiger partial charge in [-0.05, 0) is 48.6 Å². The van der Waals surface area contributed by atoms with Crippen LogP contribution in [0.15, 0.2) is 60.8 Å². The van der Waals surface area contributed by atoms with Crippen molar-refractivity contribution in [2.45, 2.75) is 32.1 Å². The van der Waals surface area contributed by atoms with Crippen LogP contribution in [0.2, 0.25) is 0 Å². The first-order valence-corrected chi connectivity index (χ1v) is 10.9. The molecule has 1 atom stereocenters. The van der Waals surface area contributed by atoms with Crippen LogP contribution >= 0.6 is 11.3 Å². The summed E-state index contributed by atoms with van der Waals surface area (Å²) in [6.45, 7) is 2.82. The van der Waals surface area contributed by atoms with Crippen LogP contribution in [0.25, 0.3) is 16.2 Å². The largest absolute Gasteiger partial charge is 0.494 e. The van der Waals surface area contributed by atoms with Crippen LogP contribution in [0.5, 0.6) is 5.75 Å². The lowest BCUT2D eigenvalue weighted by Gasteiger charge is -2.21. The average Bonchev–Trinajstić information content (AvgIpc) is 3.32. The van der Waals surface area contributed by atoms with E-state index in [-0.39, 0.29) is 11.7 Å². The number of thiazole rings is 1. The lowest BCUT2D eigenvalue weighted by atomic mass is 9.84. The molecule has 1 aliphatic carbocycles. The van der Waals surface area contributed by atoms with Crippen molar-refractivity contribution in [2.24, 2.45) is 0 Å². The van der Waals surface area contributed by atoms with Crippen molar-refractivity contribution in [3.05, 3.63) is 76.9 Å². The van der Waals surface area contributed by atoms with E-state index in [1.165, 1.54) is 16.9 Å². The number of carbonyl (C=O) groups excluding carboxylic acids is 1. The molecule has 2 aromatic heterocycles. The molecule has 146 valence electrons. The zero-order chi connectivity index (χ0) is 19.8. The third kappa shape index (κ3) is 3.36. The Hall–Kier alpha value is -2.92. The Balaban J connectivity index is 1.47. The van der Waals surface area contributed by atoms with E-state index in [2.05, 4.69) is 29.7 Å². The Morgan fingerprint density at radius 3 is 2.66 bits per heavy atom. The van der Waals surface area contributed by atoms with Gasteiger partial charge in [0.25, 0.3) is 0 Å². The Kier molecular flexibility index (Phi) is 4.68. The second-order valence-corrected chi connectivity index (χ2v) is 8.45. The molecule has 2 heterocycles. The normalized spacial score (nSPS) is 16.2. The van der Waals surface area contributed by atoms with Gasteiger partial charge in [-0.1, -0.05) is 48.6 Å². The number of ketones is 1. The van der Waals surface area contributed by atoms with Gasteiger partial charge in [-0.2, -0.15) is 0 Å². The molecule has 0 fully saturated rings. The molecular formula is C24H22N2O2S. The minimum Gasteiger partial charge on any atom is -0.494 e. The molecule has 0 amide bonds. The van der Waals surface area contributed by atoms with Crippen molar-refractivity contribution in [3.63, 3.8) is 0 Å². The number of fused-ring (bicyclic) bond motifs is 3. The van der Waals surface area contributed by atoms with Crippen LogP contribution in [0.4, 0.5) is 0 Å². The van der Waals surface area contributed by atoms with Crippen LogP contribution in [0, 0.1) is 0 Å². The zero-order valence-corrected chi connectivity index (χ0v) is 17.1. The van der Waals surface area contributed by atoms with Gasteiger partial charge >= 0.3 is 0 Å². The lowest BCUT2D eigenvalue weighted by molar-refractivity contribution is 0.0967. The van der Waals surface area contributed by atoms with Crippen molar-refractivity contribution in [1.29, 1.82) is 0 Å². The molecule has 5 heteroatoms.